The summed E-state index contributed by atoms with van der Waals surface area (Å²) in [5.74, 6) is -1.37. The molecule has 0 saturated heterocycles. The number of phenols is 1. The van der Waals surface area contributed by atoms with Crippen LogP contribution in [0.15, 0.2) is 28.8 Å². The van der Waals surface area contributed by atoms with Gasteiger partial charge in [0.15, 0.2) is 0 Å². The second-order valence-corrected chi connectivity index (χ2v) is 3.12. The first-order valence-electron chi connectivity index (χ1n) is 4.49. The standard InChI is InChI=1S/C10H8N2O4/c13-7-4-2-1-3-6(7)5-8-11-9(10(14)15)12-16-8/h1-4,13H,5H2,(H,14,15). The number of hydrogen-bond donors (Lipinski definition) is 2. The SMILES string of the molecule is O=C(O)c1noc(Cc2ccccc2O)n1. The second kappa shape index (κ2) is 4.01. The van der Waals surface area contributed by atoms with Crippen molar-refractivity contribution in [2.75, 3.05) is 0 Å². The van der Waals surface area contributed by atoms with Gasteiger partial charge in [0.1, 0.15) is 5.75 Å². The summed E-state index contributed by atoms with van der Waals surface area (Å²) in [6.07, 6.45) is 0.201. The third-order valence-corrected chi connectivity index (χ3v) is 1.99. The van der Waals surface area contributed by atoms with Crippen LogP contribution in [0.4, 0.5) is 0 Å². The van der Waals surface area contributed by atoms with Crippen molar-refractivity contribution in [3.63, 3.8) is 0 Å². The van der Waals surface area contributed by atoms with Crippen molar-refractivity contribution in [1.82, 2.24) is 10.1 Å². The van der Waals surface area contributed by atoms with Crippen LogP contribution < -0.4 is 0 Å². The Bertz CT molecular complexity index is 521. The Balaban J connectivity index is 2.21. The van der Waals surface area contributed by atoms with Crippen LogP contribution in [0.1, 0.15) is 22.1 Å². The van der Waals surface area contributed by atoms with Gasteiger partial charge in [0.25, 0.3) is 5.82 Å². The maximum absolute atomic E-state index is 10.5. The molecule has 0 aliphatic rings. The smallest absolute Gasteiger partial charge is 0.377 e. The van der Waals surface area contributed by atoms with Crippen LogP contribution in [-0.2, 0) is 6.42 Å². The van der Waals surface area contributed by atoms with Gasteiger partial charge in [0.05, 0.1) is 6.42 Å². The lowest BCUT2D eigenvalue weighted by Gasteiger charge is -1.99. The van der Waals surface area contributed by atoms with E-state index in [1.165, 1.54) is 6.07 Å². The summed E-state index contributed by atoms with van der Waals surface area (Å²) in [6, 6.07) is 6.67. The summed E-state index contributed by atoms with van der Waals surface area (Å²) in [4.78, 5) is 14.2. The third kappa shape index (κ3) is 2.00. The molecule has 2 rings (SSSR count). The lowest BCUT2D eigenvalue weighted by atomic mass is 10.1. The van der Waals surface area contributed by atoms with Crippen LogP contribution in [0.5, 0.6) is 5.75 Å². The zero-order valence-electron chi connectivity index (χ0n) is 8.12. The van der Waals surface area contributed by atoms with E-state index < -0.39 is 5.97 Å². The monoisotopic (exact) mass is 220 g/mol. The molecule has 0 atom stereocenters. The van der Waals surface area contributed by atoms with Crippen LogP contribution in [0, 0.1) is 0 Å². The molecule has 0 saturated carbocycles. The first kappa shape index (κ1) is 10.2. The number of rotatable bonds is 3. The van der Waals surface area contributed by atoms with Crippen molar-refractivity contribution in [3.05, 3.63) is 41.5 Å². The number of carboxylic acid groups (broad SMARTS) is 1. The number of para-hydroxylation sites is 1. The van der Waals surface area contributed by atoms with Crippen LogP contribution >= 0.6 is 0 Å². The molecule has 1 aromatic carbocycles. The number of benzene rings is 1. The predicted octanol–water partition coefficient (Wildman–Crippen LogP) is 1.06. The van der Waals surface area contributed by atoms with E-state index in [4.69, 9.17) is 9.63 Å². The molecule has 82 valence electrons. The highest BCUT2D eigenvalue weighted by Gasteiger charge is 2.13. The average molecular weight is 220 g/mol. The van der Waals surface area contributed by atoms with E-state index >= 15 is 0 Å². The Morgan fingerprint density at radius 2 is 2.12 bits per heavy atom. The van der Waals surface area contributed by atoms with Gasteiger partial charge in [-0.2, -0.15) is 4.98 Å². The van der Waals surface area contributed by atoms with Gasteiger partial charge in [-0.25, -0.2) is 4.79 Å². The van der Waals surface area contributed by atoms with E-state index in [2.05, 4.69) is 10.1 Å². The molecule has 1 aromatic heterocycles. The Morgan fingerprint density at radius 1 is 1.38 bits per heavy atom. The van der Waals surface area contributed by atoms with E-state index in [1.54, 1.807) is 18.2 Å². The molecular formula is C10H8N2O4. The van der Waals surface area contributed by atoms with Crippen LogP contribution in [0.2, 0.25) is 0 Å². The van der Waals surface area contributed by atoms with Gasteiger partial charge in [-0.05, 0) is 11.2 Å². The number of phenolic OH excluding ortho intramolecular Hbond substituents is 1. The molecule has 0 bridgehead atoms. The summed E-state index contributed by atoms with van der Waals surface area (Å²) in [5, 5.41) is 21.3. The van der Waals surface area contributed by atoms with Crippen molar-refractivity contribution >= 4 is 5.97 Å². The summed E-state index contributed by atoms with van der Waals surface area (Å²) < 4.78 is 4.73. The van der Waals surface area contributed by atoms with Crippen molar-refractivity contribution < 1.29 is 19.5 Å². The van der Waals surface area contributed by atoms with Crippen molar-refractivity contribution in [1.29, 1.82) is 0 Å². The molecule has 0 amide bonds. The van der Waals surface area contributed by atoms with Crippen molar-refractivity contribution in [2.24, 2.45) is 0 Å². The molecule has 2 aromatic rings. The summed E-state index contributed by atoms with van der Waals surface area (Å²) in [6.45, 7) is 0. The van der Waals surface area contributed by atoms with Gasteiger partial charge >= 0.3 is 5.97 Å². The summed E-state index contributed by atoms with van der Waals surface area (Å²) in [7, 11) is 0. The third-order valence-electron chi connectivity index (χ3n) is 1.99. The van der Waals surface area contributed by atoms with Gasteiger partial charge in [-0.15, -0.1) is 0 Å². The number of aromatic carboxylic acids is 1. The van der Waals surface area contributed by atoms with Crippen LogP contribution in [-0.4, -0.2) is 26.3 Å². The molecule has 0 aliphatic heterocycles. The fraction of sp³-hybridized carbons (Fsp3) is 0.100. The van der Waals surface area contributed by atoms with E-state index in [9.17, 15) is 9.90 Å². The highest BCUT2D eigenvalue weighted by atomic mass is 16.5. The fourth-order valence-electron chi connectivity index (χ4n) is 1.24. The Labute approximate surface area is 90.2 Å². The normalized spacial score (nSPS) is 10.2. The number of hydrogen-bond acceptors (Lipinski definition) is 5. The van der Waals surface area contributed by atoms with Crippen LogP contribution in [0.25, 0.3) is 0 Å². The van der Waals surface area contributed by atoms with E-state index in [1.807, 2.05) is 0 Å². The quantitative estimate of drug-likeness (QED) is 0.802. The first-order valence-corrected chi connectivity index (χ1v) is 4.49. The molecule has 0 radical (unpaired) electrons. The lowest BCUT2D eigenvalue weighted by Crippen LogP contribution is -1.99. The van der Waals surface area contributed by atoms with E-state index in [0.29, 0.717) is 5.56 Å². The zero-order valence-corrected chi connectivity index (χ0v) is 8.12. The molecular weight excluding hydrogens is 212 g/mol. The maximum Gasteiger partial charge on any atom is 0.377 e. The van der Waals surface area contributed by atoms with Crippen molar-refractivity contribution in [3.8, 4) is 5.75 Å². The van der Waals surface area contributed by atoms with Gasteiger partial charge in [0, 0.05) is 5.56 Å². The van der Waals surface area contributed by atoms with Crippen LogP contribution in [0.3, 0.4) is 0 Å². The molecule has 0 aliphatic carbocycles. The second-order valence-electron chi connectivity index (χ2n) is 3.12. The molecule has 16 heavy (non-hydrogen) atoms. The molecule has 6 nitrogen and oxygen atoms in total. The van der Waals surface area contributed by atoms with E-state index in [0.717, 1.165) is 0 Å². The fourth-order valence-corrected chi connectivity index (χ4v) is 1.24. The lowest BCUT2D eigenvalue weighted by molar-refractivity contribution is 0.0680. The van der Waals surface area contributed by atoms with E-state index in [-0.39, 0.29) is 23.9 Å². The average Bonchev–Trinajstić information content (AvgIpc) is 2.70. The Hall–Kier alpha value is -2.37. The van der Waals surface area contributed by atoms with Crippen molar-refractivity contribution in [2.45, 2.75) is 6.42 Å². The number of aromatic nitrogens is 2. The topological polar surface area (TPSA) is 96.5 Å². The highest BCUT2D eigenvalue weighted by Crippen LogP contribution is 2.18. The number of carbonyl (C=O) groups is 1. The minimum Gasteiger partial charge on any atom is -0.508 e. The minimum atomic E-state index is -1.24. The predicted molar refractivity (Wildman–Crippen MR) is 52.2 cm³/mol. The molecule has 0 spiro atoms. The minimum absolute atomic E-state index is 0.109. The summed E-state index contributed by atoms with van der Waals surface area (Å²) in [5.41, 5.74) is 0.600. The highest BCUT2D eigenvalue weighted by molar-refractivity contribution is 5.82. The maximum atomic E-state index is 10.5. The summed E-state index contributed by atoms with van der Waals surface area (Å²) >= 11 is 0. The molecule has 2 N–H and O–H groups in total. The van der Waals surface area contributed by atoms with Gasteiger partial charge in [-0.1, -0.05) is 18.2 Å². The zero-order chi connectivity index (χ0) is 11.5. The molecule has 0 fully saturated rings. The van der Waals surface area contributed by atoms with Gasteiger partial charge in [-0.3, -0.25) is 0 Å². The Kier molecular flexibility index (Phi) is 2.55. The molecule has 6 heteroatoms. The molecule has 0 unspecified atom stereocenters. The van der Waals surface area contributed by atoms with Gasteiger partial charge < -0.3 is 14.7 Å². The first-order chi connectivity index (χ1) is 7.66. The van der Waals surface area contributed by atoms with Gasteiger partial charge in [0.2, 0.25) is 5.89 Å². The largest absolute Gasteiger partial charge is 0.508 e. The Morgan fingerprint density at radius 3 is 2.75 bits per heavy atom. The number of nitrogens with zero attached hydrogens (tertiary/aromatic N) is 2. The molecule has 1 heterocycles. The number of carboxylic acids is 1. The number of aromatic hydroxyl groups is 1.